The monoisotopic (exact) mass is 262 g/mol. The van der Waals surface area contributed by atoms with E-state index in [9.17, 15) is 4.79 Å². The van der Waals surface area contributed by atoms with E-state index in [1.807, 2.05) is 0 Å². The Morgan fingerprint density at radius 2 is 2.37 bits per heavy atom. The third kappa shape index (κ3) is 2.42. The number of methoxy groups -OCH3 is 1. The normalized spacial score (nSPS) is 18.6. The fourth-order valence-electron chi connectivity index (χ4n) is 2.25. The van der Waals surface area contributed by atoms with Gasteiger partial charge in [-0.15, -0.1) is 0 Å². The van der Waals surface area contributed by atoms with E-state index in [0.29, 0.717) is 18.8 Å². The van der Waals surface area contributed by atoms with Crippen LogP contribution >= 0.6 is 0 Å². The molecular weight excluding hydrogens is 244 g/mol. The molecule has 0 atom stereocenters. The minimum absolute atomic E-state index is 0.250. The van der Waals surface area contributed by atoms with Gasteiger partial charge < -0.3 is 14.8 Å². The molecule has 5 heteroatoms. The SMILES string of the molecule is COC(=O)c1cc(CNC2(C)CC2)c2c(n1)CCO2. The fourth-order valence-corrected chi connectivity index (χ4v) is 2.25. The van der Waals surface area contributed by atoms with Gasteiger partial charge in [0.25, 0.3) is 0 Å². The van der Waals surface area contributed by atoms with Gasteiger partial charge in [0.1, 0.15) is 11.4 Å². The van der Waals surface area contributed by atoms with Gasteiger partial charge in [-0.1, -0.05) is 0 Å². The van der Waals surface area contributed by atoms with E-state index in [1.165, 1.54) is 20.0 Å². The predicted molar refractivity (Wildman–Crippen MR) is 69.3 cm³/mol. The molecule has 102 valence electrons. The van der Waals surface area contributed by atoms with Crippen LogP contribution in [0.4, 0.5) is 0 Å². The van der Waals surface area contributed by atoms with E-state index < -0.39 is 5.97 Å². The number of pyridine rings is 1. The van der Waals surface area contributed by atoms with E-state index >= 15 is 0 Å². The lowest BCUT2D eigenvalue weighted by molar-refractivity contribution is 0.0593. The largest absolute Gasteiger partial charge is 0.491 e. The highest BCUT2D eigenvalue weighted by Gasteiger charge is 2.36. The van der Waals surface area contributed by atoms with Crippen LogP contribution in [-0.4, -0.2) is 30.2 Å². The van der Waals surface area contributed by atoms with Crippen LogP contribution in [0.15, 0.2) is 6.07 Å². The van der Waals surface area contributed by atoms with Crippen molar-refractivity contribution in [2.75, 3.05) is 13.7 Å². The highest BCUT2D eigenvalue weighted by molar-refractivity contribution is 5.87. The molecule has 2 heterocycles. The number of nitrogens with one attached hydrogen (secondary N) is 1. The highest BCUT2D eigenvalue weighted by atomic mass is 16.5. The van der Waals surface area contributed by atoms with E-state index in [-0.39, 0.29) is 5.54 Å². The summed E-state index contributed by atoms with van der Waals surface area (Å²) >= 11 is 0. The molecule has 5 nitrogen and oxygen atoms in total. The Morgan fingerprint density at radius 1 is 1.58 bits per heavy atom. The second kappa shape index (κ2) is 4.49. The minimum Gasteiger partial charge on any atom is -0.491 e. The molecule has 1 fully saturated rings. The Morgan fingerprint density at radius 3 is 3.05 bits per heavy atom. The topological polar surface area (TPSA) is 60.5 Å². The van der Waals surface area contributed by atoms with Crippen molar-refractivity contribution >= 4 is 5.97 Å². The molecule has 0 aromatic carbocycles. The maximum atomic E-state index is 11.6. The number of carbonyl (C=O) groups is 1. The Labute approximate surface area is 112 Å². The number of fused-ring (bicyclic) bond motifs is 1. The summed E-state index contributed by atoms with van der Waals surface area (Å²) < 4.78 is 10.4. The van der Waals surface area contributed by atoms with Crippen molar-refractivity contribution in [2.24, 2.45) is 0 Å². The van der Waals surface area contributed by atoms with Crippen LogP contribution in [0, 0.1) is 0 Å². The Bertz CT molecular complexity index is 524. The number of ether oxygens (including phenoxy) is 2. The number of hydrogen-bond acceptors (Lipinski definition) is 5. The number of carbonyl (C=O) groups excluding carboxylic acids is 1. The quantitative estimate of drug-likeness (QED) is 0.832. The van der Waals surface area contributed by atoms with Gasteiger partial charge in [-0.25, -0.2) is 9.78 Å². The van der Waals surface area contributed by atoms with Crippen LogP contribution in [0.25, 0.3) is 0 Å². The fraction of sp³-hybridized carbons (Fsp3) is 0.571. The van der Waals surface area contributed by atoms with Gasteiger partial charge in [0.05, 0.1) is 19.4 Å². The molecule has 0 spiro atoms. The number of esters is 1. The average molecular weight is 262 g/mol. The second-order valence-electron chi connectivity index (χ2n) is 5.45. The van der Waals surface area contributed by atoms with Crippen molar-refractivity contribution < 1.29 is 14.3 Å². The van der Waals surface area contributed by atoms with Crippen molar-refractivity contribution in [1.29, 1.82) is 0 Å². The molecule has 0 radical (unpaired) electrons. The van der Waals surface area contributed by atoms with Crippen LogP contribution in [0.2, 0.25) is 0 Å². The summed E-state index contributed by atoms with van der Waals surface area (Å²) in [6, 6.07) is 1.77. The zero-order chi connectivity index (χ0) is 13.5. The van der Waals surface area contributed by atoms with Gasteiger partial charge in [0, 0.05) is 24.1 Å². The van der Waals surface area contributed by atoms with E-state index in [1.54, 1.807) is 6.07 Å². The molecule has 19 heavy (non-hydrogen) atoms. The van der Waals surface area contributed by atoms with Crippen LogP contribution < -0.4 is 10.1 Å². The van der Waals surface area contributed by atoms with Crippen molar-refractivity contribution in [3.63, 3.8) is 0 Å². The van der Waals surface area contributed by atoms with Crippen molar-refractivity contribution in [1.82, 2.24) is 10.3 Å². The van der Waals surface area contributed by atoms with Crippen LogP contribution in [-0.2, 0) is 17.7 Å². The van der Waals surface area contributed by atoms with Crippen molar-refractivity contribution in [3.8, 4) is 5.75 Å². The summed E-state index contributed by atoms with van der Waals surface area (Å²) in [6.45, 7) is 3.54. The van der Waals surface area contributed by atoms with E-state index in [0.717, 1.165) is 23.4 Å². The first-order valence-electron chi connectivity index (χ1n) is 6.60. The van der Waals surface area contributed by atoms with Gasteiger partial charge >= 0.3 is 5.97 Å². The van der Waals surface area contributed by atoms with Crippen LogP contribution in [0.5, 0.6) is 5.75 Å². The highest BCUT2D eigenvalue weighted by Crippen LogP contribution is 2.36. The molecule has 1 aliphatic carbocycles. The van der Waals surface area contributed by atoms with Gasteiger partial charge in [-0.2, -0.15) is 0 Å². The van der Waals surface area contributed by atoms with Gasteiger partial charge in [-0.05, 0) is 25.8 Å². The van der Waals surface area contributed by atoms with Gasteiger partial charge in [-0.3, -0.25) is 0 Å². The summed E-state index contributed by atoms with van der Waals surface area (Å²) in [7, 11) is 1.37. The molecule has 1 aromatic heterocycles. The molecule has 1 saturated carbocycles. The lowest BCUT2D eigenvalue weighted by atomic mass is 10.1. The first-order chi connectivity index (χ1) is 9.11. The number of rotatable bonds is 4. The molecule has 1 aromatic rings. The molecule has 1 N–H and O–H groups in total. The molecule has 0 bridgehead atoms. The van der Waals surface area contributed by atoms with Crippen molar-refractivity contribution in [3.05, 3.63) is 23.0 Å². The summed E-state index contributed by atoms with van der Waals surface area (Å²) in [4.78, 5) is 16.0. The third-order valence-corrected chi connectivity index (χ3v) is 3.81. The maximum Gasteiger partial charge on any atom is 0.356 e. The summed E-state index contributed by atoms with van der Waals surface area (Å²) in [6.07, 6.45) is 3.15. The zero-order valence-electron chi connectivity index (χ0n) is 11.3. The Kier molecular flexibility index (Phi) is 2.93. The summed E-state index contributed by atoms with van der Waals surface area (Å²) in [5.41, 5.74) is 2.47. The summed E-state index contributed by atoms with van der Waals surface area (Å²) in [5.74, 6) is 0.443. The number of aromatic nitrogens is 1. The molecule has 2 aliphatic rings. The summed E-state index contributed by atoms with van der Waals surface area (Å²) in [5, 5.41) is 3.50. The van der Waals surface area contributed by atoms with Gasteiger partial charge in [0.15, 0.2) is 0 Å². The molecule has 1 aliphatic heterocycles. The molecule has 0 amide bonds. The lowest BCUT2D eigenvalue weighted by Crippen LogP contribution is -2.27. The Hall–Kier alpha value is -1.62. The maximum absolute atomic E-state index is 11.6. The van der Waals surface area contributed by atoms with Crippen LogP contribution in [0.1, 0.15) is 41.5 Å². The number of hydrogen-bond donors (Lipinski definition) is 1. The molecule has 0 unspecified atom stereocenters. The standard InChI is InChI=1S/C14H18N2O3/c1-14(4-5-14)15-8-9-7-11(13(17)18-2)16-10-3-6-19-12(9)10/h7,15H,3-6,8H2,1-2H3. The predicted octanol–water partition coefficient (Wildman–Crippen LogP) is 1.45. The van der Waals surface area contributed by atoms with Crippen molar-refractivity contribution in [2.45, 2.75) is 38.3 Å². The van der Waals surface area contributed by atoms with E-state index in [2.05, 4.69) is 17.2 Å². The van der Waals surface area contributed by atoms with E-state index in [4.69, 9.17) is 9.47 Å². The average Bonchev–Trinajstić information content (AvgIpc) is 2.97. The Balaban J connectivity index is 1.87. The molecule has 0 saturated heterocycles. The van der Waals surface area contributed by atoms with Gasteiger partial charge in [0.2, 0.25) is 0 Å². The first-order valence-corrected chi connectivity index (χ1v) is 6.60. The number of nitrogens with zero attached hydrogens (tertiary/aromatic N) is 1. The van der Waals surface area contributed by atoms with Crippen LogP contribution in [0.3, 0.4) is 0 Å². The minimum atomic E-state index is -0.395. The lowest BCUT2D eigenvalue weighted by Gasteiger charge is -2.14. The smallest absolute Gasteiger partial charge is 0.356 e. The second-order valence-corrected chi connectivity index (χ2v) is 5.45. The zero-order valence-corrected chi connectivity index (χ0v) is 11.3. The third-order valence-electron chi connectivity index (χ3n) is 3.81. The molecular formula is C14H18N2O3. The first kappa shape index (κ1) is 12.4. The molecule has 3 rings (SSSR count).